The molecule has 0 aliphatic heterocycles. The van der Waals surface area contributed by atoms with E-state index in [1.54, 1.807) is 0 Å². The second-order valence-electron chi connectivity index (χ2n) is 4.23. The first-order valence-corrected chi connectivity index (χ1v) is 4.16. The molecule has 0 spiro atoms. The van der Waals surface area contributed by atoms with Gasteiger partial charge in [0, 0.05) is 5.41 Å². The van der Waals surface area contributed by atoms with Gasteiger partial charge in [-0.15, -0.1) is 0 Å². The normalized spacial score (nSPS) is 35.2. The van der Waals surface area contributed by atoms with E-state index in [2.05, 4.69) is 19.9 Å². The summed E-state index contributed by atoms with van der Waals surface area (Å²) in [6.07, 6.45) is 7.45. The average Bonchev–Trinajstić information content (AvgIpc) is 1.95. The van der Waals surface area contributed by atoms with Gasteiger partial charge in [-0.25, -0.2) is 0 Å². The van der Waals surface area contributed by atoms with Crippen molar-refractivity contribution in [3.05, 3.63) is 12.2 Å². The summed E-state index contributed by atoms with van der Waals surface area (Å²) in [6, 6.07) is 0. The highest BCUT2D eigenvalue weighted by Crippen LogP contribution is 2.44. The topological polar surface area (TPSA) is 17.1 Å². The van der Waals surface area contributed by atoms with Gasteiger partial charge in [0.2, 0.25) is 0 Å². The lowest BCUT2D eigenvalue weighted by atomic mass is 9.63. The molecule has 0 bridgehead atoms. The predicted octanol–water partition coefficient (Wildman–Crippen LogP) is 2.57. The van der Waals surface area contributed by atoms with Crippen LogP contribution in [0.25, 0.3) is 0 Å². The molecule has 0 aromatic heterocycles. The lowest BCUT2D eigenvalue weighted by Gasteiger charge is -2.40. The SMILES string of the molecule is CC1(C=O)C=CCCC1(C)C. The van der Waals surface area contributed by atoms with Gasteiger partial charge in [-0.3, -0.25) is 0 Å². The molecule has 1 atom stereocenters. The minimum atomic E-state index is -0.245. The molecule has 0 saturated heterocycles. The predicted molar refractivity (Wildman–Crippen MR) is 46.3 cm³/mol. The van der Waals surface area contributed by atoms with E-state index in [1.165, 1.54) is 0 Å². The number of carbonyl (C=O) groups is 1. The highest BCUT2D eigenvalue weighted by Gasteiger charge is 2.39. The molecule has 0 heterocycles. The van der Waals surface area contributed by atoms with Crippen LogP contribution in [0.4, 0.5) is 0 Å². The Morgan fingerprint density at radius 2 is 2.00 bits per heavy atom. The van der Waals surface area contributed by atoms with Gasteiger partial charge >= 0.3 is 0 Å². The maximum Gasteiger partial charge on any atom is 0.130 e. The summed E-state index contributed by atoms with van der Waals surface area (Å²) in [6.45, 7) is 6.32. The van der Waals surface area contributed by atoms with E-state index in [4.69, 9.17) is 0 Å². The van der Waals surface area contributed by atoms with Crippen molar-refractivity contribution >= 4 is 6.29 Å². The van der Waals surface area contributed by atoms with Crippen LogP contribution in [0.15, 0.2) is 12.2 Å². The number of carbonyl (C=O) groups excluding carboxylic acids is 1. The maximum atomic E-state index is 10.8. The van der Waals surface area contributed by atoms with E-state index in [-0.39, 0.29) is 10.8 Å². The van der Waals surface area contributed by atoms with Gasteiger partial charge in [-0.2, -0.15) is 0 Å². The van der Waals surface area contributed by atoms with Gasteiger partial charge in [-0.1, -0.05) is 26.0 Å². The third-order valence-corrected chi connectivity index (χ3v) is 3.10. The van der Waals surface area contributed by atoms with Gasteiger partial charge in [0.25, 0.3) is 0 Å². The zero-order chi connectivity index (χ0) is 8.54. The maximum absolute atomic E-state index is 10.8. The Hall–Kier alpha value is -0.590. The Labute approximate surface area is 68.5 Å². The van der Waals surface area contributed by atoms with E-state index in [9.17, 15) is 4.79 Å². The van der Waals surface area contributed by atoms with Crippen LogP contribution in [0, 0.1) is 10.8 Å². The van der Waals surface area contributed by atoms with Crippen LogP contribution >= 0.6 is 0 Å². The Kier molecular flexibility index (Phi) is 1.91. The van der Waals surface area contributed by atoms with Crippen molar-refractivity contribution in [1.29, 1.82) is 0 Å². The fraction of sp³-hybridized carbons (Fsp3) is 0.700. The quantitative estimate of drug-likeness (QED) is 0.417. The molecule has 0 fully saturated rings. The first-order chi connectivity index (χ1) is 5.02. The molecule has 0 radical (unpaired) electrons. The average molecular weight is 152 g/mol. The van der Waals surface area contributed by atoms with E-state index in [0.29, 0.717) is 0 Å². The molecule has 0 amide bonds. The Morgan fingerprint density at radius 1 is 1.36 bits per heavy atom. The molecular formula is C10H16O. The van der Waals surface area contributed by atoms with Crippen molar-refractivity contribution in [3.8, 4) is 0 Å². The van der Waals surface area contributed by atoms with Crippen molar-refractivity contribution in [2.24, 2.45) is 10.8 Å². The summed E-state index contributed by atoms with van der Waals surface area (Å²) in [5.41, 5.74) is -0.116. The summed E-state index contributed by atoms with van der Waals surface area (Å²) in [5, 5.41) is 0. The molecule has 11 heavy (non-hydrogen) atoms. The van der Waals surface area contributed by atoms with Crippen molar-refractivity contribution in [2.45, 2.75) is 33.6 Å². The zero-order valence-electron chi connectivity index (χ0n) is 7.55. The minimum Gasteiger partial charge on any atom is -0.302 e. The van der Waals surface area contributed by atoms with Crippen LogP contribution in [-0.2, 0) is 4.79 Å². The van der Waals surface area contributed by atoms with Crippen molar-refractivity contribution < 1.29 is 4.79 Å². The number of aldehydes is 1. The third-order valence-electron chi connectivity index (χ3n) is 3.10. The first kappa shape index (κ1) is 8.51. The summed E-state index contributed by atoms with van der Waals surface area (Å²) in [7, 11) is 0. The van der Waals surface area contributed by atoms with Gasteiger partial charge in [0.05, 0.1) is 0 Å². The fourth-order valence-electron chi connectivity index (χ4n) is 1.47. The second kappa shape index (κ2) is 2.47. The Bertz CT molecular complexity index is 191. The second-order valence-corrected chi connectivity index (χ2v) is 4.23. The van der Waals surface area contributed by atoms with E-state index < -0.39 is 0 Å². The van der Waals surface area contributed by atoms with Crippen LogP contribution in [0.5, 0.6) is 0 Å². The summed E-state index contributed by atoms with van der Waals surface area (Å²) >= 11 is 0. The van der Waals surface area contributed by atoms with E-state index in [0.717, 1.165) is 19.1 Å². The molecule has 1 heteroatoms. The molecule has 0 aromatic carbocycles. The van der Waals surface area contributed by atoms with Crippen molar-refractivity contribution in [2.75, 3.05) is 0 Å². The molecular weight excluding hydrogens is 136 g/mol. The summed E-state index contributed by atoms with van der Waals surface area (Å²) in [5.74, 6) is 0. The smallest absolute Gasteiger partial charge is 0.130 e. The minimum absolute atomic E-state index is 0.128. The highest BCUT2D eigenvalue weighted by molar-refractivity contribution is 5.64. The monoisotopic (exact) mass is 152 g/mol. The standard InChI is InChI=1S/C10H16O/c1-9(2)6-4-5-7-10(9,3)8-11/h5,7-8H,4,6H2,1-3H3. The largest absolute Gasteiger partial charge is 0.302 e. The Balaban J connectivity index is 2.98. The molecule has 1 nitrogen and oxygen atoms in total. The molecule has 1 aliphatic carbocycles. The van der Waals surface area contributed by atoms with Gasteiger partial charge in [0.15, 0.2) is 0 Å². The van der Waals surface area contributed by atoms with Gasteiger partial charge in [0.1, 0.15) is 6.29 Å². The molecule has 1 aliphatic rings. The molecule has 1 unspecified atom stereocenters. The van der Waals surface area contributed by atoms with Gasteiger partial charge < -0.3 is 4.79 Å². The number of allylic oxidation sites excluding steroid dienone is 2. The highest BCUT2D eigenvalue weighted by atomic mass is 16.1. The Morgan fingerprint density at radius 3 is 2.36 bits per heavy atom. The van der Waals surface area contributed by atoms with Crippen LogP contribution < -0.4 is 0 Å². The lowest BCUT2D eigenvalue weighted by molar-refractivity contribution is -0.118. The van der Waals surface area contributed by atoms with Crippen LogP contribution in [-0.4, -0.2) is 6.29 Å². The molecule has 0 N–H and O–H groups in total. The number of hydrogen-bond acceptors (Lipinski definition) is 1. The molecule has 0 aromatic rings. The van der Waals surface area contributed by atoms with Crippen LogP contribution in [0.2, 0.25) is 0 Å². The van der Waals surface area contributed by atoms with Crippen molar-refractivity contribution in [1.82, 2.24) is 0 Å². The number of rotatable bonds is 1. The van der Waals surface area contributed by atoms with Crippen LogP contribution in [0.1, 0.15) is 33.6 Å². The third kappa shape index (κ3) is 1.24. The molecule has 62 valence electrons. The zero-order valence-corrected chi connectivity index (χ0v) is 7.55. The van der Waals surface area contributed by atoms with Crippen LogP contribution in [0.3, 0.4) is 0 Å². The van der Waals surface area contributed by atoms with E-state index >= 15 is 0 Å². The summed E-state index contributed by atoms with van der Waals surface area (Å²) < 4.78 is 0. The lowest BCUT2D eigenvalue weighted by Crippen LogP contribution is -2.36. The van der Waals surface area contributed by atoms with Crippen molar-refractivity contribution in [3.63, 3.8) is 0 Å². The summed E-state index contributed by atoms with van der Waals surface area (Å²) in [4.78, 5) is 10.8. The number of hydrogen-bond donors (Lipinski definition) is 0. The molecule has 1 rings (SSSR count). The van der Waals surface area contributed by atoms with E-state index in [1.807, 2.05) is 13.0 Å². The molecule has 0 saturated carbocycles. The van der Waals surface area contributed by atoms with Gasteiger partial charge in [-0.05, 0) is 25.2 Å². The fourth-order valence-corrected chi connectivity index (χ4v) is 1.47. The first-order valence-electron chi connectivity index (χ1n) is 4.16.